The van der Waals surface area contributed by atoms with Gasteiger partial charge >= 0.3 is 0 Å². The molecule has 1 aromatic rings. The maximum absolute atomic E-state index is 12.7. The summed E-state index contributed by atoms with van der Waals surface area (Å²) >= 11 is 0. The first-order valence-electron chi connectivity index (χ1n) is 8.05. The molecule has 1 unspecified atom stereocenters. The highest BCUT2D eigenvalue weighted by atomic mass is 32.2. The van der Waals surface area contributed by atoms with Gasteiger partial charge in [0.05, 0.1) is 12.2 Å². The van der Waals surface area contributed by atoms with Crippen LogP contribution in [0, 0.1) is 5.92 Å². The summed E-state index contributed by atoms with van der Waals surface area (Å²) in [6.45, 7) is 8.37. The highest BCUT2D eigenvalue weighted by Crippen LogP contribution is 2.23. The maximum atomic E-state index is 12.7. The number of nitrogens with zero attached hydrogens (tertiary/aromatic N) is 3. The normalized spacial score (nSPS) is 20.2. The van der Waals surface area contributed by atoms with Gasteiger partial charge < -0.3 is 9.88 Å². The van der Waals surface area contributed by atoms with Crippen LogP contribution in [-0.2, 0) is 14.8 Å². The second-order valence-corrected chi connectivity index (χ2v) is 8.50. The Kier molecular flexibility index (Phi) is 5.46. The van der Waals surface area contributed by atoms with Crippen molar-refractivity contribution in [1.82, 2.24) is 19.2 Å². The first kappa shape index (κ1) is 17.9. The molecule has 0 bridgehead atoms. The molecule has 1 saturated heterocycles. The molecule has 0 spiro atoms. The van der Waals surface area contributed by atoms with Crippen molar-refractivity contribution in [3.63, 3.8) is 0 Å². The van der Waals surface area contributed by atoms with Gasteiger partial charge in [-0.15, -0.1) is 0 Å². The van der Waals surface area contributed by atoms with Crippen LogP contribution < -0.4 is 5.32 Å². The summed E-state index contributed by atoms with van der Waals surface area (Å²) < 4.78 is 28.6. The summed E-state index contributed by atoms with van der Waals surface area (Å²) in [7, 11) is -3.65. The van der Waals surface area contributed by atoms with E-state index in [2.05, 4.69) is 10.3 Å². The van der Waals surface area contributed by atoms with Crippen LogP contribution in [0.1, 0.15) is 46.6 Å². The molecule has 23 heavy (non-hydrogen) atoms. The molecule has 2 rings (SSSR count). The minimum atomic E-state index is -3.65. The van der Waals surface area contributed by atoms with Gasteiger partial charge in [-0.1, -0.05) is 0 Å². The molecule has 0 aliphatic carbocycles. The highest BCUT2D eigenvalue weighted by molar-refractivity contribution is 7.89. The van der Waals surface area contributed by atoms with E-state index in [0.29, 0.717) is 19.4 Å². The second-order valence-electron chi connectivity index (χ2n) is 6.62. The Balaban J connectivity index is 2.14. The summed E-state index contributed by atoms with van der Waals surface area (Å²) in [5.41, 5.74) is 0. The van der Waals surface area contributed by atoms with Crippen LogP contribution in [0.4, 0.5) is 0 Å². The lowest BCUT2D eigenvalue weighted by molar-refractivity contribution is -0.126. The van der Waals surface area contributed by atoms with Gasteiger partial charge in [-0.3, -0.25) is 4.79 Å². The molecule has 1 aliphatic heterocycles. The van der Waals surface area contributed by atoms with Crippen LogP contribution in [0.5, 0.6) is 0 Å². The van der Waals surface area contributed by atoms with Crippen LogP contribution in [0.15, 0.2) is 17.6 Å². The van der Waals surface area contributed by atoms with Crippen molar-refractivity contribution < 1.29 is 13.2 Å². The average molecular weight is 342 g/mol. The zero-order chi connectivity index (χ0) is 17.2. The fraction of sp³-hybridized carbons (Fsp3) is 0.733. The second kappa shape index (κ2) is 7.00. The maximum Gasteiger partial charge on any atom is 0.262 e. The molecular formula is C15H26N4O3S. The molecule has 1 fully saturated rings. The van der Waals surface area contributed by atoms with E-state index in [1.54, 1.807) is 10.8 Å². The van der Waals surface area contributed by atoms with Crippen molar-refractivity contribution in [2.45, 2.75) is 57.6 Å². The summed E-state index contributed by atoms with van der Waals surface area (Å²) in [6.07, 6.45) is 4.48. The predicted octanol–water partition coefficient (Wildman–Crippen LogP) is 1.39. The minimum absolute atomic E-state index is 0.0520. The van der Waals surface area contributed by atoms with Crippen LogP contribution in [0.2, 0.25) is 0 Å². The Labute approximate surface area is 138 Å². The Morgan fingerprint density at radius 3 is 2.61 bits per heavy atom. The molecule has 0 aromatic carbocycles. The van der Waals surface area contributed by atoms with Crippen LogP contribution in [0.3, 0.4) is 0 Å². The molecule has 1 amide bonds. The Morgan fingerprint density at radius 2 is 2.04 bits per heavy atom. The van der Waals surface area contributed by atoms with Gasteiger partial charge in [-0.2, -0.15) is 4.31 Å². The number of imidazole rings is 1. The smallest absolute Gasteiger partial charge is 0.262 e. The van der Waals surface area contributed by atoms with E-state index >= 15 is 0 Å². The molecule has 1 aliphatic rings. The zero-order valence-corrected chi connectivity index (χ0v) is 15.0. The van der Waals surface area contributed by atoms with Crippen LogP contribution >= 0.6 is 0 Å². The number of aromatic nitrogens is 2. The third-order valence-corrected chi connectivity index (χ3v) is 5.72. The number of piperidine rings is 1. The molecule has 0 saturated carbocycles. The lowest BCUT2D eigenvalue weighted by Crippen LogP contribution is -2.46. The van der Waals surface area contributed by atoms with E-state index in [-0.39, 0.29) is 35.5 Å². The number of hydrogen-bond donors (Lipinski definition) is 1. The van der Waals surface area contributed by atoms with Crippen molar-refractivity contribution >= 4 is 15.9 Å². The van der Waals surface area contributed by atoms with Gasteiger partial charge in [0.2, 0.25) is 5.91 Å². The largest absolute Gasteiger partial charge is 0.354 e. The van der Waals surface area contributed by atoms with E-state index in [4.69, 9.17) is 0 Å². The topological polar surface area (TPSA) is 84.3 Å². The number of hydrogen-bond acceptors (Lipinski definition) is 4. The number of nitrogens with one attached hydrogen (secondary N) is 1. The summed E-state index contributed by atoms with van der Waals surface area (Å²) in [6, 6.07) is 0.202. The third kappa shape index (κ3) is 4.11. The zero-order valence-electron chi connectivity index (χ0n) is 14.2. The highest BCUT2D eigenvalue weighted by Gasteiger charge is 2.34. The van der Waals surface area contributed by atoms with E-state index < -0.39 is 10.0 Å². The molecule has 2 heterocycles. The van der Waals surface area contributed by atoms with Gasteiger partial charge in [-0.05, 0) is 40.5 Å². The van der Waals surface area contributed by atoms with Gasteiger partial charge in [0.1, 0.15) is 0 Å². The first-order chi connectivity index (χ1) is 10.7. The number of carbonyl (C=O) groups is 1. The summed E-state index contributed by atoms with van der Waals surface area (Å²) in [5, 5.41) is 2.92. The Bertz CT molecular complexity index is 651. The Hall–Kier alpha value is -1.41. The average Bonchev–Trinajstić information content (AvgIpc) is 2.97. The number of amides is 1. The molecule has 7 nitrogen and oxygen atoms in total. The molecule has 0 radical (unpaired) electrons. The van der Waals surface area contributed by atoms with Crippen LogP contribution in [-0.4, -0.2) is 47.3 Å². The Morgan fingerprint density at radius 1 is 1.35 bits per heavy atom. The van der Waals surface area contributed by atoms with E-state index in [1.165, 1.54) is 10.6 Å². The van der Waals surface area contributed by atoms with Crippen molar-refractivity contribution in [3.05, 3.63) is 12.5 Å². The van der Waals surface area contributed by atoms with Crippen molar-refractivity contribution in [2.24, 2.45) is 5.92 Å². The van der Waals surface area contributed by atoms with Gasteiger partial charge in [0, 0.05) is 31.4 Å². The molecule has 1 N–H and O–H groups in total. The number of carbonyl (C=O) groups excluding carboxylic acids is 1. The lowest BCUT2D eigenvalue weighted by Gasteiger charge is -2.31. The lowest BCUT2D eigenvalue weighted by atomic mass is 9.98. The summed E-state index contributed by atoms with van der Waals surface area (Å²) in [5.74, 6) is -0.374. The number of sulfonamides is 1. The minimum Gasteiger partial charge on any atom is -0.354 e. The fourth-order valence-electron chi connectivity index (χ4n) is 2.64. The van der Waals surface area contributed by atoms with E-state index in [9.17, 15) is 13.2 Å². The number of rotatable bonds is 5. The quantitative estimate of drug-likeness (QED) is 0.876. The molecule has 1 atom stereocenters. The van der Waals surface area contributed by atoms with E-state index in [1.807, 2.05) is 27.7 Å². The summed E-state index contributed by atoms with van der Waals surface area (Å²) in [4.78, 5) is 16.2. The van der Waals surface area contributed by atoms with Gasteiger partial charge in [0.15, 0.2) is 5.03 Å². The standard InChI is InChI=1S/C15H26N4O3S/c1-11(2)17-15(20)13-6-5-7-19(8-13)23(21,22)14-9-18(10-16-14)12(3)4/h9-13H,5-8H2,1-4H3,(H,17,20). The van der Waals surface area contributed by atoms with E-state index in [0.717, 1.165) is 0 Å². The predicted molar refractivity (Wildman–Crippen MR) is 87.4 cm³/mol. The molecule has 1 aromatic heterocycles. The van der Waals surface area contributed by atoms with Gasteiger partial charge in [0.25, 0.3) is 10.0 Å². The van der Waals surface area contributed by atoms with Crippen molar-refractivity contribution in [2.75, 3.05) is 13.1 Å². The van der Waals surface area contributed by atoms with Gasteiger partial charge in [-0.25, -0.2) is 13.4 Å². The molecular weight excluding hydrogens is 316 g/mol. The van der Waals surface area contributed by atoms with Crippen molar-refractivity contribution in [3.8, 4) is 0 Å². The van der Waals surface area contributed by atoms with Crippen LogP contribution in [0.25, 0.3) is 0 Å². The third-order valence-electron chi connectivity index (χ3n) is 3.96. The monoisotopic (exact) mass is 342 g/mol. The van der Waals surface area contributed by atoms with Crippen molar-refractivity contribution in [1.29, 1.82) is 0 Å². The first-order valence-corrected chi connectivity index (χ1v) is 9.50. The SMILES string of the molecule is CC(C)NC(=O)C1CCCN(S(=O)(=O)c2cn(C(C)C)cn2)C1. The molecule has 130 valence electrons. The molecule has 8 heteroatoms. The fourth-order valence-corrected chi connectivity index (χ4v) is 4.09.